The number of nitrogens with two attached hydrogens (primary N) is 2. The van der Waals surface area contributed by atoms with Crippen LogP contribution in [0.15, 0.2) is 59.8 Å². The molecule has 0 fully saturated rings. The van der Waals surface area contributed by atoms with Crippen molar-refractivity contribution < 1.29 is 13.2 Å². The average molecular weight is 356 g/mol. The molecule has 0 saturated heterocycles. The highest BCUT2D eigenvalue weighted by Crippen LogP contribution is 2.30. The Labute approximate surface area is 145 Å². The molecule has 25 heavy (non-hydrogen) atoms. The fourth-order valence-electron chi connectivity index (χ4n) is 2.36. The van der Waals surface area contributed by atoms with Crippen molar-refractivity contribution in [3.63, 3.8) is 0 Å². The van der Waals surface area contributed by atoms with Crippen LogP contribution in [0.3, 0.4) is 0 Å². The molecule has 0 amide bonds. The molecule has 0 radical (unpaired) electrons. The van der Waals surface area contributed by atoms with Gasteiger partial charge in [-0.2, -0.15) is 0 Å². The summed E-state index contributed by atoms with van der Waals surface area (Å²) >= 11 is 0. The lowest BCUT2D eigenvalue weighted by molar-refractivity contribution is 0.398. The molecule has 0 bridgehead atoms. The Bertz CT molecular complexity index is 1000. The molecule has 128 valence electrons. The van der Waals surface area contributed by atoms with Gasteiger partial charge in [0.05, 0.1) is 12.0 Å². The summed E-state index contributed by atoms with van der Waals surface area (Å²) in [5.41, 5.74) is 9.10. The van der Waals surface area contributed by atoms with Crippen molar-refractivity contribution in [2.45, 2.75) is 4.90 Å². The van der Waals surface area contributed by atoms with Crippen molar-refractivity contribution >= 4 is 15.8 Å². The lowest BCUT2D eigenvalue weighted by Crippen LogP contribution is -2.11. The maximum absolute atomic E-state index is 11.3. The Kier molecular flexibility index (Phi) is 4.39. The predicted octanol–water partition coefficient (Wildman–Crippen LogP) is 2.05. The van der Waals surface area contributed by atoms with Crippen LogP contribution in [0.5, 0.6) is 5.88 Å². The lowest BCUT2D eigenvalue weighted by atomic mass is 10.0. The number of rotatable bonds is 4. The van der Waals surface area contributed by atoms with Gasteiger partial charge in [-0.15, -0.1) is 0 Å². The minimum absolute atomic E-state index is 0.0548. The average Bonchev–Trinajstić information content (AvgIpc) is 2.62. The summed E-state index contributed by atoms with van der Waals surface area (Å²) < 4.78 is 27.7. The van der Waals surface area contributed by atoms with Crippen molar-refractivity contribution in [1.29, 1.82) is 0 Å². The van der Waals surface area contributed by atoms with E-state index >= 15 is 0 Å². The summed E-state index contributed by atoms with van der Waals surface area (Å²) in [7, 11) is -2.18. The molecule has 4 N–H and O–H groups in total. The molecular formula is C17H16N4O3S. The predicted molar refractivity (Wildman–Crippen MR) is 95.2 cm³/mol. The maximum Gasteiger partial charge on any atom is 0.238 e. The van der Waals surface area contributed by atoms with Crippen molar-refractivity contribution in [3.05, 3.63) is 54.9 Å². The van der Waals surface area contributed by atoms with E-state index in [1.54, 1.807) is 37.7 Å². The van der Waals surface area contributed by atoms with Crippen molar-refractivity contribution in [3.8, 4) is 28.1 Å². The van der Waals surface area contributed by atoms with Gasteiger partial charge < -0.3 is 10.5 Å². The van der Waals surface area contributed by atoms with E-state index in [1.165, 1.54) is 12.1 Å². The first kappa shape index (κ1) is 16.9. The molecule has 0 aliphatic carbocycles. The lowest BCUT2D eigenvalue weighted by Gasteiger charge is -2.09. The number of pyridine rings is 2. The summed E-state index contributed by atoms with van der Waals surface area (Å²) in [6, 6.07) is 11.7. The highest BCUT2D eigenvalue weighted by molar-refractivity contribution is 7.89. The molecule has 8 heteroatoms. The van der Waals surface area contributed by atoms with Gasteiger partial charge in [0.2, 0.25) is 15.9 Å². The van der Waals surface area contributed by atoms with Crippen LogP contribution in [-0.4, -0.2) is 25.5 Å². The highest BCUT2D eigenvalue weighted by Gasteiger charge is 2.10. The van der Waals surface area contributed by atoms with Crippen molar-refractivity contribution in [2.75, 3.05) is 12.8 Å². The van der Waals surface area contributed by atoms with Gasteiger partial charge in [0.1, 0.15) is 5.82 Å². The van der Waals surface area contributed by atoms with Gasteiger partial charge in [-0.3, -0.25) is 0 Å². The number of nitrogen functional groups attached to an aromatic ring is 1. The van der Waals surface area contributed by atoms with Crippen LogP contribution in [0, 0.1) is 0 Å². The summed E-state index contributed by atoms with van der Waals surface area (Å²) in [5.74, 6) is 0.877. The fraction of sp³-hybridized carbons (Fsp3) is 0.0588. The number of hydrogen-bond donors (Lipinski definition) is 2. The largest absolute Gasteiger partial charge is 0.481 e. The van der Waals surface area contributed by atoms with Gasteiger partial charge in [-0.05, 0) is 29.8 Å². The molecule has 1 aromatic carbocycles. The number of benzene rings is 1. The zero-order valence-electron chi connectivity index (χ0n) is 13.4. The molecule has 0 aliphatic rings. The molecule has 2 aromatic heterocycles. The van der Waals surface area contributed by atoms with E-state index in [1.807, 2.05) is 12.1 Å². The number of primary sulfonamides is 1. The summed E-state index contributed by atoms with van der Waals surface area (Å²) in [5, 5.41) is 5.12. The van der Waals surface area contributed by atoms with Crippen LogP contribution in [0.1, 0.15) is 0 Å². The van der Waals surface area contributed by atoms with E-state index in [2.05, 4.69) is 9.97 Å². The molecule has 0 spiro atoms. The van der Waals surface area contributed by atoms with Crippen LogP contribution in [0.25, 0.3) is 22.3 Å². The second-order valence-corrected chi connectivity index (χ2v) is 6.88. The Morgan fingerprint density at radius 2 is 1.56 bits per heavy atom. The fourth-order valence-corrected chi connectivity index (χ4v) is 2.88. The van der Waals surface area contributed by atoms with E-state index < -0.39 is 10.0 Å². The van der Waals surface area contributed by atoms with E-state index in [-0.39, 0.29) is 4.90 Å². The van der Waals surface area contributed by atoms with Gasteiger partial charge in [-0.1, -0.05) is 12.1 Å². The molecular weight excluding hydrogens is 340 g/mol. The molecule has 3 aromatic rings. The van der Waals surface area contributed by atoms with Crippen LogP contribution in [0.2, 0.25) is 0 Å². The highest BCUT2D eigenvalue weighted by atomic mass is 32.2. The smallest absolute Gasteiger partial charge is 0.238 e. The van der Waals surface area contributed by atoms with Crippen LogP contribution < -0.4 is 15.6 Å². The quantitative estimate of drug-likeness (QED) is 0.738. The Balaban J connectivity index is 2.01. The Morgan fingerprint density at radius 3 is 2.12 bits per heavy atom. The molecule has 3 rings (SSSR count). The maximum atomic E-state index is 11.3. The minimum atomic E-state index is -3.72. The van der Waals surface area contributed by atoms with Crippen molar-refractivity contribution in [1.82, 2.24) is 9.97 Å². The summed E-state index contributed by atoms with van der Waals surface area (Å²) in [4.78, 5) is 8.45. The third kappa shape index (κ3) is 3.59. The van der Waals surface area contributed by atoms with E-state index in [0.717, 1.165) is 22.3 Å². The normalized spacial score (nSPS) is 11.3. The second-order valence-electron chi connectivity index (χ2n) is 5.32. The van der Waals surface area contributed by atoms with Crippen LogP contribution in [0.4, 0.5) is 5.82 Å². The third-order valence-corrected chi connectivity index (χ3v) is 4.62. The molecule has 0 atom stereocenters. The molecule has 0 saturated carbocycles. The number of nitrogens with zero attached hydrogens (tertiary/aromatic N) is 2. The standard InChI is InChI=1S/C17H16N4O3S/c1-24-16-7-4-12(9-20-16)15-8-13(10-21-17(15)18)11-2-5-14(6-3-11)25(19,22)23/h2-10H,1H3,(H2,18,21)(H2,19,22,23). The van der Waals surface area contributed by atoms with Crippen LogP contribution >= 0.6 is 0 Å². The molecule has 2 heterocycles. The van der Waals surface area contributed by atoms with Gasteiger partial charge >= 0.3 is 0 Å². The van der Waals surface area contributed by atoms with E-state index in [9.17, 15) is 8.42 Å². The molecule has 0 unspecified atom stereocenters. The minimum Gasteiger partial charge on any atom is -0.481 e. The van der Waals surface area contributed by atoms with Gasteiger partial charge in [-0.25, -0.2) is 23.5 Å². The van der Waals surface area contributed by atoms with Gasteiger partial charge in [0.15, 0.2) is 0 Å². The SMILES string of the molecule is COc1ccc(-c2cc(-c3ccc(S(N)(=O)=O)cc3)cnc2N)cn1. The monoisotopic (exact) mass is 356 g/mol. The third-order valence-electron chi connectivity index (χ3n) is 3.69. The van der Waals surface area contributed by atoms with Gasteiger partial charge in [0.25, 0.3) is 0 Å². The number of ether oxygens (including phenoxy) is 1. The van der Waals surface area contributed by atoms with E-state index in [0.29, 0.717) is 11.7 Å². The van der Waals surface area contributed by atoms with Crippen molar-refractivity contribution in [2.24, 2.45) is 5.14 Å². The number of anilines is 1. The molecule has 0 aliphatic heterocycles. The first-order valence-corrected chi connectivity index (χ1v) is 8.82. The zero-order chi connectivity index (χ0) is 18.0. The number of methoxy groups -OCH3 is 1. The van der Waals surface area contributed by atoms with Gasteiger partial charge in [0, 0.05) is 35.2 Å². The Hall–Kier alpha value is -2.97. The zero-order valence-corrected chi connectivity index (χ0v) is 14.2. The summed E-state index contributed by atoms with van der Waals surface area (Å²) in [6.45, 7) is 0. The second kappa shape index (κ2) is 6.50. The number of aromatic nitrogens is 2. The Morgan fingerprint density at radius 1 is 0.920 bits per heavy atom. The molecule has 7 nitrogen and oxygen atoms in total. The first-order chi connectivity index (χ1) is 11.9. The van der Waals surface area contributed by atoms with E-state index in [4.69, 9.17) is 15.6 Å². The number of sulfonamides is 1. The number of hydrogen-bond acceptors (Lipinski definition) is 6. The summed E-state index contributed by atoms with van der Waals surface area (Å²) in [6.07, 6.45) is 3.28. The first-order valence-electron chi connectivity index (χ1n) is 7.27. The van der Waals surface area contributed by atoms with Crippen LogP contribution in [-0.2, 0) is 10.0 Å². The topological polar surface area (TPSA) is 121 Å².